The number of carboxylic acid groups (broad SMARTS) is 1. The highest BCUT2D eigenvalue weighted by Gasteiger charge is 2.31. The Kier molecular flexibility index (Phi) is 4.52. The van der Waals surface area contributed by atoms with Crippen LogP contribution in [0.3, 0.4) is 0 Å². The fraction of sp³-hybridized carbons (Fsp3) is 0.304. The number of fused-ring (bicyclic) bond motifs is 2. The summed E-state index contributed by atoms with van der Waals surface area (Å²) in [6.07, 6.45) is 7.14. The van der Waals surface area contributed by atoms with Gasteiger partial charge in [0.2, 0.25) is 5.43 Å². The Labute approximate surface area is 176 Å². The molecule has 5 rings (SSSR count). The molecule has 1 aromatic carbocycles. The number of H-pyrrole nitrogens is 1. The third-order valence-electron chi connectivity index (χ3n) is 5.94. The minimum absolute atomic E-state index is 0.0738. The van der Waals surface area contributed by atoms with Crippen LogP contribution in [0.15, 0.2) is 28.7 Å². The van der Waals surface area contributed by atoms with Gasteiger partial charge in [-0.15, -0.1) is 11.3 Å². The molecule has 30 heavy (non-hydrogen) atoms. The number of carbonyl (C=O) groups is 1. The summed E-state index contributed by atoms with van der Waals surface area (Å²) in [6, 6.07) is 3.98. The number of rotatable bonds is 5. The number of aryl methyl sites for hydroxylation is 1. The second-order valence-electron chi connectivity index (χ2n) is 7.86. The van der Waals surface area contributed by atoms with E-state index in [-0.39, 0.29) is 12.2 Å². The van der Waals surface area contributed by atoms with Crippen LogP contribution in [0.4, 0.5) is 0 Å². The Bertz CT molecular complexity index is 1280. The van der Waals surface area contributed by atoms with E-state index in [4.69, 9.17) is 4.74 Å². The first-order valence-corrected chi connectivity index (χ1v) is 10.8. The van der Waals surface area contributed by atoms with Crippen molar-refractivity contribution in [1.82, 2.24) is 4.98 Å². The quantitative estimate of drug-likeness (QED) is 0.572. The van der Waals surface area contributed by atoms with Crippen LogP contribution < -0.4 is 10.2 Å². The zero-order valence-corrected chi connectivity index (χ0v) is 17.3. The minimum Gasteiger partial charge on any atom is -0.494 e. The molecule has 0 aliphatic heterocycles. The second-order valence-corrected chi connectivity index (χ2v) is 8.99. The molecule has 2 aliphatic carbocycles. The van der Waals surface area contributed by atoms with Crippen molar-refractivity contribution in [2.45, 2.75) is 31.6 Å². The van der Waals surface area contributed by atoms with Gasteiger partial charge in [-0.25, -0.2) is 4.79 Å². The predicted molar refractivity (Wildman–Crippen MR) is 117 cm³/mol. The number of aliphatic hydroxyl groups is 1. The second kappa shape index (κ2) is 7.11. The molecule has 2 heterocycles. The number of hydrogen-bond acceptors (Lipinski definition) is 5. The van der Waals surface area contributed by atoms with Gasteiger partial charge in [-0.3, -0.25) is 4.79 Å². The summed E-state index contributed by atoms with van der Waals surface area (Å²) >= 11 is 1.72. The number of benzene rings is 1. The number of aromatic carboxylic acids is 1. The Morgan fingerprint density at radius 1 is 1.30 bits per heavy atom. The first-order valence-electron chi connectivity index (χ1n) is 9.94. The molecule has 0 spiro atoms. The SMILES string of the molecule is COc1c(-c2cc3c(s2)CCC(CO)=C3)c(C2CC2)cc2c(=O)c(C(=O)O)c[nH]c12. The van der Waals surface area contributed by atoms with Crippen LogP contribution in [0.25, 0.3) is 27.4 Å². The minimum atomic E-state index is -1.24. The molecule has 3 aromatic rings. The molecule has 1 fully saturated rings. The average molecular weight is 423 g/mol. The van der Waals surface area contributed by atoms with Gasteiger partial charge in [0, 0.05) is 21.5 Å². The average Bonchev–Trinajstić information content (AvgIpc) is 3.50. The third-order valence-corrected chi connectivity index (χ3v) is 7.17. The molecule has 6 nitrogen and oxygen atoms in total. The molecular weight excluding hydrogens is 402 g/mol. The standard InChI is InChI=1S/C23H21NO5S/c1-29-22-19(18-7-13-6-11(10-25)2-5-17(13)30-18)14(12-3-4-12)8-15-20(22)24-9-16(21(15)26)23(27)28/h6-9,12,25H,2-5,10H2,1H3,(H,24,26)(H,27,28). The van der Waals surface area contributed by atoms with Gasteiger partial charge in [0.05, 0.1) is 24.6 Å². The highest BCUT2D eigenvalue weighted by molar-refractivity contribution is 7.15. The van der Waals surface area contributed by atoms with Crippen molar-refractivity contribution in [2.24, 2.45) is 0 Å². The van der Waals surface area contributed by atoms with Gasteiger partial charge >= 0.3 is 5.97 Å². The van der Waals surface area contributed by atoms with E-state index in [1.54, 1.807) is 18.4 Å². The van der Waals surface area contributed by atoms with Crippen molar-refractivity contribution in [3.63, 3.8) is 0 Å². The molecule has 0 bridgehead atoms. The van der Waals surface area contributed by atoms with E-state index in [0.717, 1.165) is 52.8 Å². The summed E-state index contributed by atoms with van der Waals surface area (Å²) in [4.78, 5) is 29.6. The van der Waals surface area contributed by atoms with E-state index in [1.807, 2.05) is 6.07 Å². The van der Waals surface area contributed by atoms with E-state index in [9.17, 15) is 19.8 Å². The number of nitrogens with one attached hydrogen (secondary N) is 1. The smallest absolute Gasteiger partial charge is 0.341 e. The summed E-state index contributed by atoms with van der Waals surface area (Å²) in [5.41, 5.74) is 3.93. The maximum atomic E-state index is 12.8. The first-order chi connectivity index (χ1) is 14.5. The van der Waals surface area contributed by atoms with Crippen LogP contribution in [0.5, 0.6) is 5.75 Å². The highest BCUT2D eigenvalue weighted by Crippen LogP contribution is 2.51. The molecule has 2 aromatic heterocycles. The van der Waals surface area contributed by atoms with E-state index < -0.39 is 11.4 Å². The van der Waals surface area contributed by atoms with E-state index in [2.05, 4.69) is 17.1 Å². The number of hydrogen-bond donors (Lipinski definition) is 3. The van der Waals surface area contributed by atoms with Crippen LogP contribution in [-0.4, -0.2) is 34.9 Å². The summed E-state index contributed by atoms with van der Waals surface area (Å²) in [7, 11) is 1.58. The molecule has 1 saturated carbocycles. The molecule has 0 saturated heterocycles. The predicted octanol–water partition coefficient (Wildman–Crippen LogP) is 4.16. The zero-order chi connectivity index (χ0) is 21.0. The summed E-state index contributed by atoms with van der Waals surface area (Å²) in [5.74, 6) is -0.325. The molecule has 3 N–H and O–H groups in total. The Morgan fingerprint density at radius 2 is 2.10 bits per heavy atom. The molecule has 0 amide bonds. The third kappa shape index (κ3) is 2.97. The van der Waals surface area contributed by atoms with Crippen molar-refractivity contribution in [2.75, 3.05) is 13.7 Å². The maximum absolute atomic E-state index is 12.8. The summed E-state index contributed by atoms with van der Waals surface area (Å²) < 4.78 is 5.80. The van der Waals surface area contributed by atoms with E-state index in [0.29, 0.717) is 22.6 Å². The summed E-state index contributed by atoms with van der Waals surface area (Å²) in [5, 5.41) is 19.2. The van der Waals surface area contributed by atoms with Gasteiger partial charge < -0.3 is 19.9 Å². The van der Waals surface area contributed by atoms with Gasteiger partial charge in [-0.05, 0) is 60.4 Å². The van der Waals surface area contributed by atoms with Gasteiger partial charge in [0.15, 0.2) is 5.75 Å². The van der Waals surface area contributed by atoms with E-state index in [1.165, 1.54) is 11.1 Å². The lowest BCUT2D eigenvalue weighted by atomic mass is 9.95. The molecule has 154 valence electrons. The molecular formula is C23H21NO5S. The largest absolute Gasteiger partial charge is 0.494 e. The molecule has 2 aliphatic rings. The van der Waals surface area contributed by atoms with Crippen LogP contribution in [-0.2, 0) is 6.42 Å². The van der Waals surface area contributed by atoms with Crippen molar-refractivity contribution >= 4 is 34.3 Å². The number of aromatic amines is 1. The fourth-order valence-corrected chi connectivity index (χ4v) is 5.47. The Balaban J connectivity index is 1.79. The van der Waals surface area contributed by atoms with Crippen LogP contribution >= 0.6 is 11.3 Å². The lowest BCUT2D eigenvalue weighted by molar-refractivity contribution is 0.0695. The molecule has 0 unspecified atom stereocenters. The highest BCUT2D eigenvalue weighted by atomic mass is 32.1. The number of methoxy groups -OCH3 is 1. The Hall–Kier alpha value is -2.90. The van der Waals surface area contributed by atoms with Gasteiger partial charge in [-0.1, -0.05) is 6.08 Å². The molecule has 0 atom stereocenters. The molecule has 0 radical (unpaired) electrons. The maximum Gasteiger partial charge on any atom is 0.341 e. The van der Waals surface area contributed by atoms with Gasteiger partial charge in [0.25, 0.3) is 0 Å². The van der Waals surface area contributed by atoms with Crippen LogP contribution in [0, 0.1) is 0 Å². The van der Waals surface area contributed by atoms with Gasteiger partial charge in [0.1, 0.15) is 5.56 Å². The van der Waals surface area contributed by atoms with Crippen LogP contribution in [0.1, 0.15) is 51.5 Å². The van der Waals surface area contributed by atoms with Crippen molar-refractivity contribution in [3.8, 4) is 16.2 Å². The normalized spacial score (nSPS) is 15.7. The monoisotopic (exact) mass is 423 g/mol. The lowest BCUT2D eigenvalue weighted by Crippen LogP contribution is -2.16. The number of aliphatic hydroxyl groups excluding tert-OH is 1. The number of thiophene rings is 1. The first kappa shape index (κ1) is 19.1. The topological polar surface area (TPSA) is 99.6 Å². The molecule has 7 heteroatoms. The van der Waals surface area contributed by atoms with Crippen molar-refractivity contribution < 1.29 is 19.7 Å². The number of ether oxygens (including phenoxy) is 1. The van der Waals surface area contributed by atoms with Gasteiger partial charge in [-0.2, -0.15) is 0 Å². The number of aromatic nitrogens is 1. The number of carboxylic acids is 1. The van der Waals surface area contributed by atoms with E-state index >= 15 is 0 Å². The van der Waals surface area contributed by atoms with Crippen LogP contribution in [0.2, 0.25) is 0 Å². The Morgan fingerprint density at radius 3 is 2.77 bits per heavy atom. The van der Waals surface area contributed by atoms with Crippen molar-refractivity contribution in [3.05, 3.63) is 55.7 Å². The fourth-order valence-electron chi connectivity index (χ4n) is 4.26. The summed E-state index contributed by atoms with van der Waals surface area (Å²) in [6.45, 7) is 0.0738. The lowest BCUT2D eigenvalue weighted by Gasteiger charge is -2.16. The van der Waals surface area contributed by atoms with Crippen molar-refractivity contribution in [1.29, 1.82) is 0 Å². The number of pyridine rings is 1. The zero-order valence-electron chi connectivity index (χ0n) is 16.4.